The highest BCUT2D eigenvalue weighted by Gasteiger charge is 2.18. The Bertz CT molecular complexity index is 1530. The number of carbonyl (C=O) groups excluding carboxylic acids is 2. The van der Waals surface area contributed by atoms with Gasteiger partial charge in [-0.2, -0.15) is 5.10 Å². The number of carbonyl (C=O) groups is 2. The van der Waals surface area contributed by atoms with Crippen LogP contribution in [0.5, 0.6) is 11.5 Å². The van der Waals surface area contributed by atoms with Gasteiger partial charge in [0.2, 0.25) is 6.41 Å². The van der Waals surface area contributed by atoms with Crippen molar-refractivity contribution in [2.24, 2.45) is 5.92 Å². The standard InChI is InChI=1S/C32H36F2N8O4/c33-25-3-12-31(30(34)18-25)46-20-24(2-1-13-42-22-35-21-37-42)19-45-29-10-8-28(9-11-29)41-16-14-40(15-17-41)27-6-4-26(5-7-27)38-32(44)39-36-23-43/h3-12,18,21-24H,1-2,13-17,19-20H2,(H,36,43)(H2,38,39,44)/t24-/m1/s1. The Balaban J connectivity index is 1.09. The summed E-state index contributed by atoms with van der Waals surface area (Å²) in [5.41, 5.74) is 7.06. The van der Waals surface area contributed by atoms with E-state index in [1.54, 1.807) is 11.0 Å². The fraction of sp³-hybridized carbons (Fsp3) is 0.312. The quantitative estimate of drug-likeness (QED) is 0.131. The predicted octanol–water partition coefficient (Wildman–Crippen LogP) is 4.22. The number of nitrogens with zero attached hydrogens (tertiary/aromatic N) is 5. The number of hydrazine groups is 1. The number of aryl methyl sites for hydroxylation is 1. The molecule has 14 heteroatoms. The molecule has 3 amide bonds. The largest absolute Gasteiger partial charge is 0.493 e. The zero-order chi connectivity index (χ0) is 32.1. The van der Waals surface area contributed by atoms with E-state index in [1.165, 1.54) is 18.5 Å². The van der Waals surface area contributed by atoms with Gasteiger partial charge < -0.3 is 24.6 Å². The lowest BCUT2D eigenvalue weighted by Crippen LogP contribution is -2.46. The molecule has 0 spiro atoms. The van der Waals surface area contributed by atoms with Crippen molar-refractivity contribution in [3.8, 4) is 11.5 Å². The summed E-state index contributed by atoms with van der Waals surface area (Å²) in [5, 5.41) is 6.77. The molecule has 3 N–H and O–H groups in total. The molecule has 1 saturated heterocycles. The van der Waals surface area contributed by atoms with Gasteiger partial charge in [0, 0.05) is 61.8 Å². The zero-order valence-electron chi connectivity index (χ0n) is 25.1. The first kappa shape index (κ1) is 32.0. The maximum Gasteiger partial charge on any atom is 0.337 e. The molecule has 1 fully saturated rings. The number of nitrogens with one attached hydrogen (secondary N) is 3. The monoisotopic (exact) mass is 634 g/mol. The average Bonchev–Trinajstić information content (AvgIpc) is 3.60. The second kappa shape index (κ2) is 16.1. The average molecular weight is 635 g/mol. The van der Waals surface area contributed by atoms with E-state index < -0.39 is 17.7 Å². The lowest BCUT2D eigenvalue weighted by atomic mass is 10.1. The summed E-state index contributed by atoms with van der Waals surface area (Å²) in [6.45, 7) is 4.62. The van der Waals surface area contributed by atoms with Gasteiger partial charge in [-0.3, -0.25) is 14.9 Å². The molecule has 4 aromatic rings. The molecule has 2 heterocycles. The smallest absolute Gasteiger partial charge is 0.337 e. The summed E-state index contributed by atoms with van der Waals surface area (Å²) >= 11 is 0. The van der Waals surface area contributed by atoms with Gasteiger partial charge in [0.1, 0.15) is 24.2 Å². The van der Waals surface area contributed by atoms with E-state index in [2.05, 4.69) is 36.1 Å². The zero-order valence-corrected chi connectivity index (χ0v) is 25.1. The van der Waals surface area contributed by atoms with Gasteiger partial charge in [0.05, 0.1) is 13.2 Å². The molecule has 0 aliphatic carbocycles. The molecule has 1 aliphatic rings. The van der Waals surface area contributed by atoms with Crippen LogP contribution in [-0.4, -0.2) is 66.6 Å². The van der Waals surface area contributed by atoms with E-state index in [4.69, 9.17) is 9.47 Å². The number of hydrogen-bond donors (Lipinski definition) is 3. The molecule has 0 saturated carbocycles. The van der Waals surface area contributed by atoms with Gasteiger partial charge in [-0.1, -0.05) is 0 Å². The van der Waals surface area contributed by atoms with Crippen molar-refractivity contribution >= 4 is 29.5 Å². The first-order valence-electron chi connectivity index (χ1n) is 15.0. The molecule has 0 radical (unpaired) electrons. The van der Waals surface area contributed by atoms with Crippen molar-refractivity contribution in [2.45, 2.75) is 19.4 Å². The minimum atomic E-state index is -0.735. The minimum absolute atomic E-state index is 0.00960. The van der Waals surface area contributed by atoms with Crippen molar-refractivity contribution in [1.82, 2.24) is 25.6 Å². The second-order valence-electron chi connectivity index (χ2n) is 10.7. The SMILES string of the molecule is O=CNNC(=O)Nc1ccc(N2CCN(c3ccc(OC[C@@H](CCCn4cncn4)COc4ccc(F)cc4F)cc3)CC2)cc1. The Hall–Kier alpha value is -5.40. The van der Waals surface area contributed by atoms with E-state index in [0.29, 0.717) is 25.2 Å². The lowest BCUT2D eigenvalue weighted by molar-refractivity contribution is -0.110. The maximum absolute atomic E-state index is 14.1. The van der Waals surface area contributed by atoms with Crippen LogP contribution in [0.2, 0.25) is 0 Å². The van der Waals surface area contributed by atoms with Crippen LogP contribution in [0.3, 0.4) is 0 Å². The fourth-order valence-electron chi connectivity index (χ4n) is 5.11. The van der Waals surface area contributed by atoms with Crippen LogP contribution in [0.15, 0.2) is 79.4 Å². The number of piperazine rings is 1. The number of benzene rings is 3. The van der Waals surface area contributed by atoms with Crippen LogP contribution < -0.4 is 35.4 Å². The molecule has 242 valence electrons. The van der Waals surface area contributed by atoms with Gasteiger partial charge in [0.25, 0.3) is 0 Å². The number of rotatable bonds is 15. The van der Waals surface area contributed by atoms with Crippen molar-refractivity contribution in [3.05, 3.63) is 91.0 Å². The third-order valence-electron chi connectivity index (χ3n) is 7.54. The van der Waals surface area contributed by atoms with Crippen LogP contribution in [0.1, 0.15) is 12.8 Å². The Morgan fingerprint density at radius 3 is 2.22 bits per heavy atom. The molecular weight excluding hydrogens is 598 g/mol. The van der Waals surface area contributed by atoms with Gasteiger partial charge in [0.15, 0.2) is 11.6 Å². The third-order valence-corrected chi connectivity index (χ3v) is 7.54. The lowest BCUT2D eigenvalue weighted by Gasteiger charge is -2.37. The van der Waals surface area contributed by atoms with Crippen molar-refractivity contribution < 1.29 is 27.8 Å². The summed E-state index contributed by atoms with van der Waals surface area (Å²) in [7, 11) is 0. The van der Waals surface area contributed by atoms with E-state index in [-0.39, 0.29) is 18.3 Å². The molecular formula is C32H36F2N8O4. The third kappa shape index (κ3) is 9.30. The number of ether oxygens (including phenoxy) is 2. The summed E-state index contributed by atoms with van der Waals surface area (Å²) in [6, 6.07) is 18.3. The number of aromatic nitrogens is 3. The Morgan fingerprint density at radius 1 is 0.913 bits per heavy atom. The highest BCUT2D eigenvalue weighted by Crippen LogP contribution is 2.25. The number of urea groups is 1. The van der Waals surface area contributed by atoms with E-state index in [1.807, 2.05) is 48.5 Å². The first-order valence-corrected chi connectivity index (χ1v) is 15.0. The summed E-state index contributed by atoms with van der Waals surface area (Å²) in [5.74, 6) is -0.693. The van der Waals surface area contributed by atoms with Crippen molar-refractivity contribution in [2.75, 3.05) is 54.5 Å². The molecule has 3 aromatic carbocycles. The van der Waals surface area contributed by atoms with E-state index in [9.17, 15) is 18.4 Å². The number of anilines is 3. The molecule has 0 bridgehead atoms. The van der Waals surface area contributed by atoms with Crippen LogP contribution in [-0.2, 0) is 11.3 Å². The van der Waals surface area contributed by atoms with Crippen LogP contribution in [0.4, 0.5) is 30.6 Å². The number of hydrogen-bond acceptors (Lipinski definition) is 8. The van der Waals surface area contributed by atoms with E-state index in [0.717, 1.165) is 62.2 Å². The summed E-state index contributed by atoms with van der Waals surface area (Å²) < 4.78 is 41.0. The molecule has 5 rings (SSSR count). The molecule has 0 unspecified atom stereocenters. The molecule has 12 nitrogen and oxygen atoms in total. The summed E-state index contributed by atoms with van der Waals surface area (Å²) in [4.78, 5) is 30.6. The first-order chi connectivity index (χ1) is 22.5. The Morgan fingerprint density at radius 2 is 1.59 bits per heavy atom. The highest BCUT2D eigenvalue weighted by atomic mass is 19.1. The highest BCUT2D eigenvalue weighted by molar-refractivity contribution is 5.89. The Labute approximate surface area is 265 Å². The molecule has 1 atom stereocenters. The minimum Gasteiger partial charge on any atom is -0.493 e. The molecule has 1 aliphatic heterocycles. The van der Waals surface area contributed by atoms with Crippen molar-refractivity contribution in [1.29, 1.82) is 0 Å². The van der Waals surface area contributed by atoms with Gasteiger partial charge in [-0.25, -0.2) is 24.0 Å². The summed E-state index contributed by atoms with van der Waals surface area (Å²) in [6.07, 6.45) is 5.08. The normalized spacial score (nSPS) is 13.5. The van der Waals surface area contributed by atoms with Crippen LogP contribution >= 0.6 is 0 Å². The Kier molecular flexibility index (Phi) is 11.2. The van der Waals surface area contributed by atoms with Crippen LogP contribution in [0.25, 0.3) is 0 Å². The van der Waals surface area contributed by atoms with Crippen molar-refractivity contribution in [3.63, 3.8) is 0 Å². The molecule has 46 heavy (non-hydrogen) atoms. The predicted molar refractivity (Wildman–Crippen MR) is 169 cm³/mol. The molecule has 1 aromatic heterocycles. The maximum atomic E-state index is 14.1. The van der Waals surface area contributed by atoms with Gasteiger partial charge in [-0.15, -0.1) is 0 Å². The second-order valence-corrected chi connectivity index (χ2v) is 10.7. The van der Waals surface area contributed by atoms with Crippen LogP contribution in [0, 0.1) is 17.6 Å². The fourth-order valence-corrected chi connectivity index (χ4v) is 5.11. The van der Waals surface area contributed by atoms with Gasteiger partial charge in [-0.05, 0) is 73.5 Å². The topological polar surface area (TPSA) is 126 Å². The number of halogens is 2. The van der Waals surface area contributed by atoms with Gasteiger partial charge >= 0.3 is 6.03 Å². The number of amides is 3. The van der Waals surface area contributed by atoms with E-state index >= 15 is 0 Å².